The lowest BCUT2D eigenvalue weighted by Gasteiger charge is -2.31. The van der Waals surface area contributed by atoms with Crippen molar-refractivity contribution < 1.29 is 13.2 Å². The Labute approximate surface area is 113 Å². The molecular formula is C12H15N3O3S. The van der Waals surface area contributed by atoms with Crippen LogP contribution in [0, 0.1) is 0 Å². The van der Waals surface area contributed by atoms with Crippen molar-refractivity contribution in [2.75, 3.05) is 13.1 Å². The first-order valence-electron chi connectivity index (χ1n) is 6.07. The van der Waals surface area contributed by atoms with E-state index in [1.807, 2.05) is 18.2 Å². The number of rotatable bonds is 2. The van der Waals surface area contributed by atoms with Crippen LogP contribution in [0.3, 0.4) is 0 Å². The van der Waals surface area contributed by atoms with Crippen LogP contribution in [0.5, 0.6) is 0 Å². The van der Waals surface area contributed by atoms with E-state index in [1.54, 1.807) is 5.01 Å². The topological polar surface area (TPSA) is 78.8 Å². The molecule has 1 N–H and O–H groups in total. The van der Waals surface area contributed by atoms with Gasteiger partial charge >= 0.3 is 16.5 Å². The first-order chi connectivity index (χ1) is 9.15. The molecule has 0 saturated carbocycles. The molecule has 7 heteroatoms. The van der Waals surface area contributed by atoms with Crippen molar-refractivity contribution in [2.45, 2.75) is 18.8 Å². The van der Waals surface area contributed by atoms with Crippen molar-refractivity contribution in [3.05, 3.63) is 35.9 Å². The van der Waals surface area contributed by atoms with Gasteiger partial charge in [-0.15, -0.1) is 0 Å². The van der Waals surface area contributed by atoms with Crippen LogP contribution in [0.1, 0.15) is 24.3 Å². The van der Waals surface area contributed by atoms with E-state index >= 15 is 0 Å². The average molecular weight is 281 g/mol. The summed E-state index contributed by atoms with van der Waals surface area (Å²) in [5.74, 6) is 0.486. The maximum atomic E-state index is 11.2. The Morgan fingerprint density at radius 1 is 1.21 bits per heavy atom. The largest absolute Gasteiger partial charge is 0.370 e. The Balaban J connectivity index is 1.86. The van der Waals surface area contributed by atoms with Crippen LogP contribution in [-0.4, -0.2) is 32.5 Å². The van der Waals surface area contributed by atoms with Gasteiger partial charge in [0.25, 0.3) is 0 Å². The molecule has 0 spiro atoms. The van der Waals surface area contributed by atoms with Crippen LogP contribution < -0.4 is 5.43 Å². The fourth-order valence-corrected chi connectivity index (χ4v) is 2.45. The van der Waals surface area contributed by atoms with Crippen LogP contribution in [0.25, 0.3) is 0 Å². The molecule has 1 aromatic carbocycles. The Kier molecular flexibility index (Phi) is 4.64. The Morgan fingerprint density at radius 3 is 2.42 bits per heavy atom. The Morgan fingerprint density at radius 2 is 1.84 bits per heavy atom. The maximum Gasteiger partial charge on any atom is 0.370 e. The zero-order chi connectivity index (χ0) is 13.7. The SMILES string of the molecule is O=C(N=S(=O)=O)NN1CCC(c2ccccc2)CC1. The van der Waals surface area contributed by atoms with Gasteiger partial charge in [0.05, 0.1) is 0 Å². The lowest BCUT2D eigenvalue weighted by atomic mass is 9.90. The molecule has 0 aliphatic carbocycles. The molecule has 0 unspecified atom stereocenters. The standard InChI is InChI=1S/C12H15N3O3S/c16-12(14-19(17)18)13-15-8-6-11(7-9-15)10-4-2-1-3-5-10/h1-5,11H,6-9H2,(H,13,16). The molecule has 1 saturated heterocycles. The Hall–Kier alpha value is -1.73. The van der Waals surface area contributed by atoms with Crippen LogP contribution >= 0.6 is 0 Å². The maximum absolute atomic E-state index is 11.2. The van der Waals surface area contributed by atoms with Gasteiger partial charge in [0.2, 0.25) is 0 Å². The second kappa shape index (κ2) is 6.44. The van der Waals surface area contributed by atoms with Gasteiger partial charge in [0.15, 0.2) is 0 Å². The van der Waals surface area contributed by atoms with E-state index in [-0.39, 0.29) is 0 Å². The summed E-state index contributed by atoms with van der Waals surface area (Å²) in [6, 6.07) is 9.40. The molecule has 1 aliphatic rings. The summed E-state index contributed by atoms with van der Waals surface area (Å²) in [6.07, 6.45) is 1.84. The molecule has 0 atom stereocenters. The summed E-state index contributed by atoms with van der Waals surface area (Å²) in [7, 11) is -2.70. The van der Waals surface area contributed by atoms with E-state index < -0.39 is 16.5 Å². The first kappa shape index (κ1) is 13.7. The molecule has 1 heterocycles. The number of urea groups is 1. The third kappa shape index (κ3) is 4.15. The van der Waals surface area contributed by atoms with Gasteiger partial charge in [-0.2, -0.15) is 8.42 Å². The van der Waals surface area contributed by atoms with Crippen molar-refractivity contribution in [2.24, 2.45) is 4.36 Å². The minimum absolute atomic E-state index is 0.486. The van der Waals surface area contributed by atoms with Crippen molar-refractivity contribution in [3.63, 3.8) is 0 Å². The second-order valence-corrected chi connectivity index (χ2v) is 5.01. The third-order valence-electron chi connectivity index (χ3n) is 3.18. The molecule has 1 aromatic rings. The van der Waals surface area contributed by atoms with Crippen LogP contribution in [0.4, 0.5) is 4.79 Å². The van der Waals surface area contributed by atoms with Crippen molar-refractivity contribution in [3.8, 4) is 0 Å². The van der Waals surface area contributed by atoms with Crippen LogP contribution in [0.15, 0.2) is 34.7 Å². The summed E-state index contributed by atoms with van der Waals surface area (Å²) in [6.45, 7) is 1.37. The van der Waals surface area contributed by atoms with Crippen molar-refractivity contribution in [1.82, 2.24) is 10.4 Å². The first-order valence-corrected chi connectivity index (χ1v) is 7.10. The molecule has 102 valence electrons. The van der Waals surface area contributed by atoms with E-state index in [4.69, 9.17) is 0 Å². The number of nitrogens with one attached hydrogen (secondary N) is 1. The van der Waals surface area contributed by atoms with Gasteiger partial charge in [-0.05, 0) is 24.3 Å². The van der Waals surface area contributed by atoms with E-state index in [1.165, 1.54) is 5.56 Å². The van der Waals surface area contributed by atoms with Crippen LogP contribution in [-0.2, 0) is 10.5 Å². The summed E-state index contributed by atoms with van der Waals surface area (Å²) < 4.78 is 23.4. The summed E-state index contributed by atoms with van der Waals surface area (Å²) in [5, 5.41) is 1.71. The quantitative estimate of drug-likeness (QED) is 0.892. The van der Waals surface area contributed by atoms with Crippen molar-refractivity contribution in [1.29, 1.82) is 0 Å². The molecule has 0 bridgehead atoms. The third-order valence-corrected chi connectivity index (χ3v) is 3.49. The highest BCUT2D eigenvalue weighted by atomic mass is 32.2. The highest BCUT2D eigenvalue weighted by Gasteiger charge is 2.21. The van der Waals surface area contributed by atoms with Crippen molar-refractivity contribution >= 4 is 16.5 Å². The molecule has 1 fully saturated rings. The second-order valence-electron chi connectivity index (χ2n) is 4.40. The van der Waals surface area contributed by atoms with Gasteiger partial charge in [0.1, 0.15) is 0 Å². The summed E-state index contributed by atoms with van der Waals surface area (Å²) in [5.41, 5.74) is 3.76. The minimum Gasteiger partial charge on any atom is -0.268 e. The van der Waals surface area contributed by atoms with Gasteiger partial charge in [-0.3, -0.25) is 5.43 Å². The molecule has 0 aromatic heterocycles. The van der Waals surface area contributed by atoms with E-state index in [0.29, 0.717) is 19.0 Å². The zero-order valence-electron chi connectivity index (χ0n) is 10.3. The number of hydrogen-bond donors (Lipinski definition) is 1. The molecular weight excluding hydrogens is 266 g/mol. The molecule has 6 nitrogen and oxygen atoms in total. The number of amides is 2. The van der Waals surface area contributed by atoms with Gasteiger partial charge in [0, 0.05) is 13.1 Å². The summed E-state index contributed by atoms with van der Waals surface area (Å²) in [4.78, 5) is 11.2. The molecule has 0 radical (unpaired) electrons. The number of carbonyl (C=O) groups excluding carboxylic acids is 1. The number of piperidine rings is 1. The number of nitrogens with zero attached hydrogens (tertiary/aromatic N) is 2. The number of benzene rings is 1. The van der Waals surface area contributed by atoms with Crippen LogP contribution in [0.2, 0.25) is 0 Å². The monoisotopic (exact) mass is 281 g/mol. The van der Waals surface area contributed by atoms with E-state index in [0.717, 1.165) is 12.8 Å². The number of hydrogen-bond acceptors (Lipinski definition) is 4. The molecule has 2 rings (SSSR count). The number of carbonyl (C=O) groups is 1. The fourth-order valence-electron chi connectivity index (χ4n) is 2.27. The van der Waals surface area contributed by atoms with Gasteiger partial charge in [-0.25, -0.2) is 9.80 Å². The molecule has 2 amide bonds. The smallest absolute Gasteiger partial charge is 0.268 e. The minimum atomic E-state index is -2.70. The number of hydrazine groups is 1. The highest BCUT2D eigenvalue weighted by Crippen LogP contribution is 2.26. The van der Waals surface area contributed by atoms with E-state index in [9.17, 15) is 13.2 Å². The van der Waals surface area contributed by atoms with E-state index in [2.05, 4.69) is 21.9 Å². The highest BCUT2D eigenvalue weighted by molar-refractivity contribution is 7.62. The Bertz CT molecular complexity index is 555. The lowest BCUT2D eigenvalue weighted by molar-refractivity contribution is 0.151. The molecule has 1 aliphatic heterocycles. The van der Waals surface area contributed by atoms with Gasteiger partial charge in [-0.1, -0.05) is 34.7 Å². The average Bonchev–Trinajstić information content (AvgIpc) is 2.39. The predicted molar refractivity (Wildman–Crippen MR) is 69.9 cm³/mol. The zero-order valence-corrected chi connectivity index (χ0v) is 11.1. The fraction of sp³-hybridized carbons (Fsp3) is 0.417. The predicted octanol–water partition coefficient (Wildman–Crippen LogP) is 1.55. The lowest BCUT2D eigenvalue weighted by Crippen LogP contribution is -2.45. The van der Waals surface area contributed by atoms with Gasteiger partial charge < -0.3 is 0 Å². The summed E-state index contributed by atoms with van der Waals surface area (Å²) >= 11 is 0. The molecule has 19 heavy (non-hydrogen) atoms. The normalized spacial score (nSPS) is 16.8.